The van der Waals surface area contributed by atoms with Crippen LogP contribution in [0.3, 0.4) is 0 Å². The Balaban J connectivity index is 2.17. The van der Waals surface area contributed by atoms with E-state index in [0.717, 1.165) is 31.4 Å². The largest absolute Gasteiger partial charge is 0.409 e. The van der Waals surface area contributed by atoms with Gasteiger partial charge in [-0.15, -0.1) is 0 Å². The van der Waals surface area contributed by atoms with Crippen LogP contribution < -0.4 is 5.73 Å². The molecule has 0 radical (unpaired) electrons. The summed E-state index contributed by atoms with van der Waals surface area (Å²) in [5.41, 5.74) is 6.43. The minimum Gasteiger partial charge on any atom is -0.409 e. The molecule has 104 valence electrons. The summed E-state index contributed by atoms with van der Waals surface area (Å²) >= 11 is 6.07. The van der Waals surface area contributed by atoms with Crippen LogP contribution in [-0.4, -0.2) is 28.5 Å². The van der Waals surface area contributed by atoms with Crippen molar-refractivity contribution in [1.82, 2.24) is 4.90 Å². The monoisotopic (exact) mass is 285 g/mol. The molecule has 1 aliphatic heterocycles. The molecule has 1 aliphatic rings. The van der Waals surface area contributed by atoms with Crippen LogP contribution in [0.4, 0.5) is 4.39 Å². The maximum atomic E-state index is 13.3. The van der Waals surface area contributed by atoms with E-state index < -0.39 is 0 Å². The lowest BCUT2D eigenvalue weighted by atomic mass is 10.0. The lowest BCUT2D eigenvalue weighted by molar-refractivity contribution is 0.178. The number of rotatable bonds is 3. The molecular formula is C13H17ClFN3O. The average molecular weight is 286 g/mol. The first-order valence-electron chi connectivity index (χ1n) is 6.27. The van der Waals surface area contributed by atoms with Gasteiger partial charge in [-0.2, -0.15) is 0 Å². The van der Waals surface area contributed by atoms with E-state index >= 15 is 0 Å². The highest BCUT2D eigenvalue weighted by Gasteiger charge is 2.26. The Morgan fingerprint density at radius 3 is 3.05 bits per heavy atom. The van der Waals surface area contributed by atoms with Gasteiger partial charge in [-0.1, -0.05) is 23.2 Å². The van der Waals surface area contributed by atoms with Crippen LogP contribution in [0.2, 0.25) is 5.02 Å². The number of benzene rings is 1. The van der Waals surface area contributed by atoms with E-state index in [1.807, 2.05) is 0 Å². The minimum atomic E-state index is -0.309. The highest BCUT2D eigenvalue weighted by atomic mass is 35.5. The molecule has 1 heterocycles. The number of hydrogen-bond acceptors (Lipinski definition) is 3. The molecular weight excluding hydrogens is 269 g/mol. The topological polar surface area (TPSA) is 61.9 Å². The normalized spacial score (nSPS) is 21.6. The highest BCUT2D eigenvalue weighted by Crippen LogP contribution is 2.24. The maximum absolute atomic E-state index is 13.3. The molecule has 1 aromatic rings. The second-order valence-corrected chi connectivity index (χ2v) is 5.15. The van der Waals surface area contributed by atoms with Crippen LogP contribution in [0.15, 0.2) is 23.4 Å². The van der Waals surface area contributed by atoms with Gasteiger partial charge >= 0.3 is 0 Å². The fourth-order valence-corrected chi connectivity index (χ4v) is 2.64. The van der Waals surface area contributed by atoms with Gasteiger partial charge in [0, 0.05) is 11.6 Å². The highest BCUT2D eigenvalue weighted by molar-refractivity contribution is 6.31. The third-order valence-corrected chi connectivity index (χ3v) is 3.82. The Bertz CT molecular complexity index is 481. The smallest absolute Gasteiger partial charge is 0.156 e. The molecule has 0 amide bonds. The zero-order valence-electron chi connectivity index (χ0n) is 10.5. The fourth-order valence-electron chi connectivity index (χ4n) is 2.47. The van der Waals surface area contributed by atoms with Gasteiger partial charge in [-0.3, -0.25) is 4.90 Å². The summed E-state index contributed by atoms with van der Waals surface area (Å²) in [6.45, 7) is 1.32. The summed E-state index contributed by atoms with van der Waals surface area (Å²) in [6.07, 6.45) is 2.92. The molecule has 6 heteroatoms. The first-order valence-corrected chi connectivity index (χ1v) is 6.65. The Kier molecular flexibility index (Phi) is 4.61. The van der Waals surface area contributed by atoms with Crippen molar-refractivity contribution < 1.29 is 9.60 Å². The number of likely N-dealkylation sites (tertiary alicyclic amines) is 1. The van der Waals surface area contributed by atoms with Crippen molar-refractivity contribution in [1.29, 1.82) is 0 Å². The van der Waals surface area contributed by atoms with Crippen molar-refractivity contribution >= 4 is 17.4 Å². The molecule has 1 saturated heterocycles. The third-order valence-electron chi connectivity index (χ3n) is 3.45. The number of amidine groups is 1. The molecule has 0 saturated carbocycles. The van der Waals surface area contributed by atoms with E-state index in [0.29, 0.717) is 11.6 Å². The SMILES string of the molecule is N/C(=N/O)C1CCCCN1Cc1cc(F)ccc1Cl. The van der Waals surface area contributed by atoms with Crippen LogP contribution in [0, 0.1) is 5.82 Å². The number of nitrogens with zero attached hydrogens (tertiary/aromatic N) is 2. The molecule has 0 spiro atoms. The van der Waals surface area contributed by atoms with Crippen molar-refractivity contribution in [2.45, 2.75) is 31.8 Å². The zero-order valence-corrected chi connectivity index (χ0v) is 11.3. The van der Waals surface area contributed by atoms with Gasteiger partial charge in [-0.05, 0) is 43.1 Å². The minimum absolute atomic E-state index is 0.113. The van der Waals surface area contributed by atoms with E-state index in [1.54, 1.807) is 6.07 Å². The van der Waals surface area contributed by atoms with Crippen molar-refractivity contribution in [2.24, 2.45) is 10.9 Å². The molecule has 1 aromatic carbocycles. The van der Waals surface area contributed by atoms with Gasteiger partial charge in [0.15, 0.2) is 5.84 Å². The molecule has 2 rings (SSSR count). The fraction of sp³-hybridized carbons (Fsp3) is 0.462. The van der Waals surface area contributed by atoms with E-state index in [4.69, 9.17) is 22.5 Å². The number of oxime groups is 1. The molecule has 3 N–H and O–H groups in total. The lowest BCUT2D eigenvalue weighted by Crippen LogP contribution is -2.47. The van der Waals surface area contributed by atoms with Gasteiger partial charge in [0.25, 0.3) is 0 Å². The Morgan fingerprint density at radius 2 is 2.32 bits per heavy atom. The van der Waals surface area contributed by atoms with Crippen molar-refractivity contribution in [3.05, 3.63) is 34.6 Å². The lowest BCUT2D eigenvalue weighted by Gasteiger charge is -2.34. The Labute approximate surface area is 116 Å². The summed E-state index contributed by atoms with van der Waals surface area (Å²) < 4.78 is 13.3. The Morgan fingerprint density at radius 1 is 1.53 bits per heavy atom. The first-order chi connectivity index (χ1) is 9.11. The van der Waals surface area contributed by atoms with Crippen LogP contribution >= 0.6 is 11.6 Å². The Hall–Kier alpha value is -1.33. The third kappa shape index (κ3) is 3.36. The number of nitrogens with two attached hydrogens (primary N) is 1. The van der Waals surface area contributed by atoms with E-state index in [1.165, 1.54) is 12.1 Å². The molecule has 0 aromatic heterocycles. The summed E-state index contributed by atoms with van der Waals surface area (Å²) in [7, 11) is 0. The van der Waals surface area contributed by atoms with Gasteiger partial charge in [0.05, 0.1) is 6.04 Å². The van der Waals surface area contributed by atoms with E-state index in [9.17, 15) is 4.39 Å². The number of halogens is 2. The maximum Gasteiger partial charge on any atom is 0.156 e. The summed E-state index contributed by atoms with van der Waals surface area (Å²) in [5.74, 6) is -0.107. The summed E-state index contributed by atoms with van der Waals surface area (Å²) in [4.78, 5) is 2.07. The van der Waals surface area contributed by atoms with Crippen molar-refractivity contribution in [3.8, 4) is 0 Å². The second-order valence-electron chi connectivity index (χ2n) is 4.74. The van der Waals surface area contributed by atoms with Gasteiger partial charge in [0.2, 0.25) is 0 Å². The average Bonchev–Trinajstić information content (AvgIpc) is 2.42. The molecule has 1 unspecified atom stereocenters. The van der Waals surface area contributed by atoms with Crippen LogP contribution in [-0.2, 0) is 6.54 Å². The predicted octanol–water partition coefficient (Wildman–Crippen LogP) is 2.58. The molecule has 0 aliphatic carbocycles. The number of piperidine rings is 1. The summed E-state index contributed by atoms with van der Waals surface area (Å²) in [6, 6.07) is 4.20. The summed E-state index contributed by atoms with van der Waals surface area (Å²) in [5, 5.41) is 12.4. The van der Waals surface area contributed by atoms with Gasteiger partial charge < -0.3 is 10.9 Å². The predicted molar refractivity (Wildman–Crippen MR) is 72.9 cm³/mol. The van der Waals surface area contributed by atoms with Gasteiger partial charge in [0.1, 0.15) is 5.82 Å². The molecule has 4 nitrogen and oxygen atoms in total. The van der Waals surface area contributed by atoms with E-state index in [2.05, 4.69) is 10.1 Å². The standard InChI is InChI=1S/C13H17ClFN3O/c14-11-5-4-10(15)7-9(11)8-18-6-2-1-3-12(18)13(16)17-19/h4-5,7,12,19H,1-3,6,8H2,(H2,16,17). The van der Waals surface area contributed by atoms with Crippen LogP contribution in [0.5, 0.6) is 0 Å². The quantitative estimate of drug-likeness (QED) is 0.388. The molecule has 1 atom stereocenters. The van der Waals surface area contributed by atoms with Crippen molar-refractivity contribution in [3.63, 3.8) is 0 Å². The molecule has 19 heavy (non-hydrogen) atoms. The van der Waals surface area contributed by atoms with Crippen LogP contribution in [0.25, 0.3) is 0 Å². The number of hydrogen-bond donors (Lipinski definition) is 2. The van der Waals surface area contributed by atoms with Crippen molar-refractivity contribution in [2.75, 3.05) is 6.54 Å². The van der Waals surface area contributed by atoms with Crippen LogP contribution in [0.1, 0.15) is 24.8 Å². The zero-order chi connectivity index (χ0) is 13.8. The van der Waals surface area contributed by atoms with Gasteiger partial charge in [-0.25, -0.2) is 4.39 Å². The first kappa shape index (κ1) is 14.1. The molecule has 0 bridgehead atoms. The second kappa shape index (κ2) is 6.21. The molecule has 1 fully saturated rings. The van der Waals surface area contributed by atoms with E-state index in [-0.39, 0.29) is 17.7 Å².